The summed E-state index contributed by atoms with van der Waals surface area (Å²) in [6.07, 6.45) is -3.21. The molecule has 1 N–H and O–H groups in total. The first-order valence-electron chi connectivity index (χ1n) is 10.6. The molecule has 0 aromatic heterocycles. The van der Waals surface area contributed by atoms with Gasteiger partial charge in [-0.3, -0.25) is 9.59 Å². The highest BCUT2D eigenvalue weighted by atomic mass is 19.4. The zero-order valence-corrected chi connectivity index (χ0v) is 17.6. The van der Waals surface area contributed by atoms with Crippen LogP contribution in [0.25, 0.3) is 0 Å². The number of ether oxygens (including phenoxy) is 1. The number of halogens is 3. The van der Waals surface area contributed by atoms with Crippen LogP contribution in [0.5, 0.6) is 0 Å². The molecule has 0 bridgehead atoms. The first kappa shape index (κ1) is 22.3. The number of fused-ring (bicyclic) bond motifs is 1. The molecule has 32 heavy (non-hydrogen) atoms. The van der Waals surface area contributed by atoms with Crippen LogP contribution in [0.2, 0.25) is 0 Å². The van der Waals surface area contributed by atoms with Crippen molar-refractivity contribution in [3.05, 3.63) is 64.7 Å². The summed E-state index contributed by atoms with van der Waals surface area (Å²) in [5.74, 6) is -0.751. The van der Waals surface area contributed by atoms with Crippen molar-refractivity contribution in [3.63, 3.8) is 0 Å². The molecule has 0 unspecified atom stereocenters. The van der Waals surface area contributed by atoms with Gasteiger partial charge in [-0.2, -0.15) is 13.2 Å². The average Bonchev–Trinajstić information content (AvgIpc) is 3.06. The van der Waals surface area contributed by atoms with Crippen molar-refractivity contribution in [3.8, 4) is 0 Å². The van der Waals surface area contributed by atoms with Crippen molar-refractivity contribution in [2.45, 2.75) is 44.3 Å². The summed E-state index contributed by atoms with van der Waals surface area (Å²) in [5.41, 5.74) is -0.00991. The molecule has 0 saturated heterocycles. The van der Waals surface area contributed by atoms with E-state index >= 15 is 0 Å². The number of aliphatic hydroxyl groups excluding tert-OH is 1. The standard InChI is InChI=1S/C24H24F3NO4/c1-2-32-21(30)12-23(10-15(11-23)14-29)16-5-3-6-17(9-16)28-13-19-18(22(28)31)7-4-8-20(19)24(25,26)27/h3-9,15,29H,2,10-14H2,1H3. The Labute approximate surface area is 183 Å². The van der Waals surface area contributed by atoms with E-state index < -0.39 is 23.1 Å². The number of hydrogen-bond acceptors (Lipinski definition) is 4. The number of aliphatic hydroxyl groups is 1. The molecule has 8 heteroatoms. The third-order valence-corrected chi connectivity index (χ3v) is 6.45. The zero-order valence-electron chi connectivity index (χ0n) is 17.6. The predicted molar refractivity (Wildman–Crippen MR) is 111 cm³/mol. The molecule has 2 aromatic rings. The maximum atomic E-state index is 13.4. The lowest BCUT2D eigenvalue weighted by Crippen LogP contribution is -2.44. The highest BCUT2D eigenvalue weighted by molar-refractivity contribution is 6.10. The van der Waals surface area contributed by atoms with E-state index in [1.807, 2.05) is 6.07 Å². The van der Waals surface area contributed by atoms with Gasteiger partial charge in [0.25, 0.3) is 5.91 Å². The summed E-state index contributed by atoms with van der Waals surface area (Å²) >= 11 is 0. The number of alkyl halides is 3. The Kier molecular flexibility index (Phi) is 5.75. The summed E-state index contributed by atoms with van der Waals surface area (Å²) < 4.78 is 45.4. The number of esters is 1. The van der Waals surface area contributed by atoms with Gasteiger partial charge in [0.15, 0.2) is 0 Å². The van der Waals surface area contributed by atoms with Crippen molar-refractivity contribution in [2.24, 2.45) is 5.92 Å². The Morgan fingerprint density at radius 2 is 1.94 bits per heavy atom. The Bertz CT molecular complexity index is 1040. The van der Waals surface area contributed by atoms with E-state index in [2.05, 4.69) is 0 Å². The minimum absolute atomic E-state index is 0.0183. The normalized spacial score (nSPS) is 22.5. The molecule has 1 heterocycles. The molecule has 1 amide bonds. The number of anilines is 1. The van der Waals surface area contributed by atoms with E-state index in [1.54, 1.807) is 25.1 Å². The van der Waals surface area contributed by atoms with Crippen LogP contribution in [0.1, 0.15) is 53.2 Å². The minimum Gasteiger partial charge on any atom is -0.466 e. The van der Waals surface area contributed by atoms with Gasteiger partial charge >= 0.3 is 12.1 Å². The lowest BCUT2D eigenvalue weighted by molar-refractivity contribution is -0.146. The van der Waals surface area contributed by atoms with Crippen molar-refractivity contribution in [1.29, 1.82) is 0 Å². The number of nitrogens with zero attached hydrogens (tertiary/aromatic N) is 1. The molecule has 1 aliphatic heterocycles. The summed E-state index contributed by atoms with van der Waals surface area (Å²) in [5, 5.41) is 9.50. The van der Waals surface area contributed by atoms with Gasteiger partial charge in [0.05, 0.1) is 25.1 Å². The molecule has 4 rings (SSSR count). The third-order valence-electron chi connectivity index (χ3n) is 6.45. The van der Waals surface area contributed by atoms with Crippen molar-refractivity contribution in [1.82, 2.24) is 0 Å². The van der Waals surface area contributed by atoms with E-state index in [0.29, 0.717) is 18.5 Å². The Hall–Kier alpha value is -2.87. The van der Waals surface area contributed by atoms with Gasteiger partial charge in [-0.1, -0.05) is 18.2 Å². The number of amides is 1. The van der Waals surface area contributed by atoms with Gasteiger partial charge in [-0.05, 0) is 61.1 Å². The fourth-order valence-corrected chi connectivity index (χ4v) is 4.96. The molecule has 170 valence electrons. The highest BCUT2D eigenvalue weighted by Gasteiger charge is 2.47. The number of benzene rings is 2. The van der Waals surface area contributed by atoms with Crippen molar-refractivity contribution < 1.29 is 32.6 Å². The maximum Gasteiger partial charge on any atom is 0.416 e. The first-order valence-corrected chi connectivity index (χ1v) is 10.6. The van der Waals surface area contributed by atoms with Crippen LogP contribution < -0.4 is 4.90 Å². The number of hydrogen-bond donors (Lipinski definition) is 1. The largest absolute Gasteiger partial charge is 0.466 e. The minimum atomic E-state index is -4.54. The van der Waals surface area contributed by atoms with E-state index in [9.17, 15) is 27.9 Å². The second-order valence-electron chi connectivity index (χ2n) is 8.49. The van der Waals surface area contributed by atoms with Crippen molar-refractivity contribution in [2.75, 3.05) is 18.1 Å². The molecule has 0 spiro atoms. The van der Waals surface area contributed by atoms with E-state index in [0.717, 1.165) is 11.6 Å². The average molecular weight is 447 g/mol. The lowest BCUT2D eigenvalue weighted by atomic mass is 9.57. The molecule has 1 saturated carbocycles. The monoisotopic (exact) mass is 447 g/mol. The maximum absolute atomic E-state index is 13.4. The van der Waals surface area contributed by atoms with Gasteiger partial charge in [0, 0.05) is 23.3 Å². The quantitative estimate of drug-likeness (QED) is 0.664. The smallest absolute Gasteiger partial charge is 0.416 e. The topological polar surface area (TPSA) is 66.8 Å². The van der Waals surface area contributed by atoms with Gasteiger partial charge in [0.2, 0.25) is 0 Å². The van der Waals surface area contributed by atoms with Gasteiger partial charge in [-0.25, -0.2) is 0 Å². The molecule has 2 aliphatic rings. The van der Waals surface area contributed by atoms with Crippen LogP contribution in [0.3, 0.4) is 0 Å². The Balaban J connectivity index is 1.66. The Morgan fingerprint density at radius 1 is 1.22 bits per heavy atom. The molecule has 5 nitrogen and oxygen atoms in total. The van der Waals surface area contributed by atoms with E-state index in [1.165, 1.54) is 17.0 Å². The molecular weight excluding hydrogens is 423 g/mol. The van der Waals surface area contributed by atoms with Crippen molar-refractivity contribution >= 4 is 17.6 Å². The lowest BCUT2D eigenvalue weighted by Gasteiger charge is -2.47. The number of carbonyl (C=O) groups excluding carboxylic acids is 2. The van der Waals surface area contributed by atoms with E-state index in [4.69, 9.17) is 4.74 Å². The number of carbonyl (C=O) groups is 2. The van der Waals surface area contributed by atoms with Gasteiger partial charge < -0.3 is 14.7 Å². The van der Waals surface area contributed by atoms with Gasteiger partial charge in [-0.15, -0.1) is 0 Å². The third kappa shape index (κ3) is 3.88. The Morgan fingerprint density at radius 3 is 2.59 bits per heavy atom. The molecule has 2 aromatic carbocycles. The van der Waals surface area contributed by atoms with Crippen LogP contribution in [0.15, 0.2) is 42.5 Å². The highest BCUT2D eigenvalue weighted by Crippen LogP contribution is 2.51. The molecule has 1 fully saturated rings. The molecule has 0 radical (unpaired) electrons. The predicted octanol–water partition coefficient (Wildman–Crippen LogP) is 4.46. The summed E-state index contributed by atoms with van der Waals surface area (Å²) in [6, 6.07) is 10.7. The second-order valence-corrected chi connectivity index (χ2v) is 8.49. The SMILES string of the molecule is CCOC(=O)CC1(c2cccc(N3Cc4c(cccc4C(F)(F)F)C3=O)c2)CC(CO)C1. The van der Waals surface area contributed by atoms with Crippen LogP contribution in [0, 0.1) is 5.92 Å². The summed E-state index contributed by atoms with van der Waals surface area (Å²) in [6.45, 7) is 1.84. The van der Waals surface area contributed by atoms with Crippen LogP contribution in [-0.4, -0.2) is 30.2 Å². The first-order chi connectivity index (χ1) is 15.2. The van der Waals surface area contributed by atoms with Crippen LogP contribution in [0.4, 0.5) is 18.9 Å². The van der Waals surface area contributed by atoms with E-state index in [-0.39, 0.29) is 49.2 Å². The van der Waals surface area contributed by atoms with Crippen LogP contribution >= 0.6 is 0 Å². The second kappa shape index (κ2) is 8.24. The molecule has 1 aliphatic carbocycles. The fourth-order valence-electron chi connectivity index (χ4n) is 4.96. The number of rotatable bonds is 6. The zero-order chi connectivity index (χ0) is 23.1. The van der Waals surface area contributed by atoms with Gasteiger partial charge in [0.1, 0.15) is 0 Å². The molecule has 0 atom stereocenters. The molecular formula is C24H24F3NO4. The van der Waals surface area contributed by atoms with Crippen LogP contribution in [-0.2, 0) is 27.7 Å². The summed E-state index contributed by atoms with van der Waals surface area (Å²) in [7, 11) is 0. The fraction of sp³-hybridized carbons (Fsp3) is 0.417. The summed E-state index contributed by atoms with van der Waals surface area (Å²) in [4.78, 5) is 26.5.